The second kappa shape index (κ2) is 5.44. The summed E-state index contributed by atoms with van der Waals surface area (Å²) in [6, 6.07) is 2.39. The monoisotopic (exact) mass is 311 g/mol. The zero-order chi connectivity index (χ0) is 16.7. The number of benzene rings is 1. The third-order valence-electron chi connectivity index (χ3n) is 4.00. The van der Waals surface area contributed by atoms with Crippen LogP contribution < -0.4 is 20.7 Å². The summed E-state index contributed by atoms with van der Waals surface area (Å²) in [5.41, 5.74) is 4.21. The molecule has 0 bridgehead atoms. The van der Waals surface area contributed by atoms with Gasteiger partial charge in [-0.05, 0) is 33.8 Å². The Morgan fingerprint density at radius 2 is 1.73 bits per heavy atom. The first kappa shape index (κ1) is 16.6. The van der Waals surface area contributed by atoms with Crippen LogP contribution in [0.25, 0.3) is 0 Å². The van der Waals surface area contributed by atoms with Gasteiger partial charge in [0.05, 0.1) is 18.3 Å². The highest BCUT2D eigenvalue weighted by molar-refractivity contribution is 6.63. The first-order valence-corrected chi connectivity index (χ1v) is 6.78. The maximum atomic E-state index is 13.9. The molecule has 0 spiro atoms. The number of carbonyl (C=O) groups excluding carboxylic acids is 1. The van der Waals surface area contributed by atoms with Crippen LogP contribution in [0.1, 0.15) is 27.7 Å². The SMILES string of the molecule is COc1cc(F)c(OC(N)=O)cc1B1OC(C)(C)C(C)(C)O1. The van der Waals surface area contributed by atoms with Gasteiger partial charge in [0.15, 0.2) is 11.6 Å². The van der Waals surface area contributed by atoms with Gasteiger partial charge in [0.1, 0.15) is 5.75 Å². The Labute approximate surface area is 128 Å². The van der Waals surface area contributed by atoms with E-state index < -0.39 is 30.2 Å². The van der Waals surface area contributed by atoms with Crippen LogP contribution in [0.4, 0.5) is 9.18 Å². The molecule has 0 atom stereocenters. The normalized spacial score (nSPS) is 19.1. The molecular weight excluding hydrogens is 292 g/mol. The lowest BCUT2D eigenvalue weighted by molar-refractivity contribution is 0.00578. The number of rotatable bonds is 3. The molecule has 22 heavy (non-hydrogen) atoms. The van der Waals surface area contributed by atoms with Crippen molar-refractivity contribution >= 4 is 18.7 Å². The van der Waals surface area contributed by atoms with Gasteiger partial charge in [0, 0.05) is 11.5 Å². The summed E-state index contributed by atoms with van der Waals surface area (Å²) >= 11 is 0. The predicted molar refractivity (Wildman–Crippen MR) is 78.9 cm³/mol. The number of halogens is 1. The molecule has 6 nitrogen and oxygen atoms in total. The Balaban J connectivity index is 2.44. The van der Waals surface area contributed by atoms with Crippen LogP contribution in [-0.2, 0) is 9.31 Å². The highest BCUT2D eigenvalue weighted by Gasteiger charge is 2.52. The van der Waals surface area contributed by atoms with E-state index in [1.165, 1.54) is 13.2 Å². The first-order chi connectivity index (χ1) is 10.1. The summed E-state index contributed by atoms with van der Waals surface area (Å²) in [4.78, 5) is 10.9. The third-order valence-corrected chi connectivity index (χ3v) is 4.00. The Morgan fingerprint density at radius 3 is 2.18 bits per heavy atom. The minimum atomic E-state index is -1.11. The number of amides is 1. The fraction of sp³-hybridized carbons (Fsp3) is 0.500. The van der Waals surface area contributed by atoms with E-state index in [-0.39, 0.29) is 11.5 Å². The fourth-order valence-corrected chi connectivity index (χ4v) is 2.07. The first-order valence-electron chi connectivity index (χ1n) is 6.78. The molecule has 1 fully saturated rings. The van der Waals surface area contributed by atoms with Crippen molar-refractivity contribution in [1.29, 1.82) is 0 Å². The van der Waals surface area contributed by atoms with Gasteiger partial charge >= 0.3 is 13.2 Å². The van der Waals surface area contributed by atoms with Gasteiger partial charge in [0.2, 0.25) is 0 Å². The van der Waals surface area contributed by atoms with E-state index in [4.69, 9.17) is 19.8 Å². The number of hydrogen-bond donors (Lipinski definition) is 1. The van der Waals surface area contributed by atoms with Crippen molar-refractivity contribution in [2.75, 3.05) is 7.11 Å². The van der Waals surface area contributed by atoms with Crippen LogP contribution in [0.2, 0.25) is 0 Å². The Hall–Kier alpha value is -1.80. The highest BCUT2D eigenvalue weighted by Crippen LogP contribution is 2.37. The average Bonchev–Trinajstić information content (AvgIpc) is 2.59. The Morgan fingerprint density at radius 1 is 1.18 bits per heavy atom. The molecule has 120 valence electrons. The molecular formula is C14H19BFNO5. The molecule has 2 rings (SSSR count). The van der Waals surface area contributed by atoms with Crippen molar-refractivity contribution in [2.45, 2.75) is 38.9 Å². The van der Waals surface area contributed by atoms with E-state index in [9.17, 15) is 9.18 Å². The number of ether oxygens (including phenoxy) is 2. The molecule has 0 aliphatic carbocycles. The van der Waals surface area contributed by atoms with Gasteiger partial charge in [-0.2, -0.15) is 0 Å². The zero-order valence-electron chi connectivity index (χ0n) is 13.2. The van der Waals surface area contributed by atoms with Gasteiger partial charge in [-0.15, -0.1) is 0 Å². The predicted octanol–water partition coefficient (Wildman–Crippen LogP) is 1.59. The zero-order valence-corrected chi connectivity index (χ0v) is 13.2. The van der Waals surface area contributed by atoms with Crippen molar-refractivity contribution in [2.24, 2.45) is 5.73 Å². The fourth-order valence-electron chi connectivity index (χ4n) is 2.07. The molecule has 1 aromatic carbocycles. The Bertz CT molecular complexity index is 589. The third kappa shape index (κ3) is 2.89. The van der Waals surface area contributed by atoms with Gasteiger partial charge < -0.3 is 24.5 Å². The summed E-state index contributed by atoms with van der Waals surface area (Å²) < 4.78 is 35.5. The Kier molecular flexibility index (Phi) is 4.10. The molecule has 1 aliphatic heterocycles. The molecule has 2 N–H and O–H groups in total. The summed E-state index contributed by atoms with van der Waals surface area (Å²) in [6.07, 6.45) is -1.11. The number of hydrogen-bond acceptors (Lipinski definition) is 5. The molecule has 0 unspecified atom stereocenters. The van der Waals surface area contributed by atoms with Crippen LogP contribution in [0.15, 0.2) is 12.1 Å². The van der Waals surface area contributed by atoms with E-state index in [1.807, 2.05) is 27.7 Å². The number of carbonyl (C=O) groups is 1. The van der Waals surface area contributed by atoms with Crippen molar-refractivity contribution in [3.8, 4) is 11.5 Å². The maximum Gasteiger partial charge on any atom is 0.498 e. The number of primary amides is 1. The molecule has 0 aromatic heterocycles. The lowest BCUT2D eigenvalue weighted by Gasteiger charge is -2.32. The van der Waals surface area contributed by atoms with Gasteiger partial charge in [-0.25, -0.2) is 9.18 Å². The number of nitrogens with two attached hydrogens (primary N) is 1. The van der Waals surface area contributed by atoms with Crippen molar-refractivity contribution in [3.05, 3.63) is 17.9 Å². The second-order valence-electron chi connectivity index (χ2n) is 6.03. The highest BCUT2D eigenvalue weighted by atomic mass is 19.1. The molecule has 1 aliphatic rings. The summed E-state index contributed by atoms with van der Waals surface area (Å²) in [5.74, 6) is -0.846. The molecule has 1 amide bonds. The van der Waals surface area contributed by atoms with Crippen molar-refractivity contribution in [1.82, 2.24) is 0 Å². The second-order valence-corrected chi connectivity index (χ2v) is 6.03. The molecule has 1 aromatic rings. The van der Waals surface area contributed by atoms with E-state index in [0.717, 1.165) is 6.07 Å². The van der Waals surface area contributed by atoms with Crippen LogP contribution in [0.3, 0.4) is 0 Å². The molecule has 8 heteroatoms. The van der Waals surface area contributed by atoms with E-state index >= 15 is 0 Å². The maximum absolute atomic E-state index is 13.9. The van der Waals surface area contributed by atoms with E-state index in [1.54, 1.807) is 0 Å². The van der Waals surface area contributed by atoms with Crippen molar-refractivity contribution < 1.29 is 28.0 Å². The summed E-state index contributed by atoms with van der Waals surface area (Å²) in [7, 11) is 0.619. The lowest BCUT2D eigenvalue weighted by atomic mass is 9.78. The van der Waals surface area contributed by atoms with E-state index in [2.05, 4.69) is 4.74 Å². The van der Waals surface area contributed by atoms with Crippen LogP contribution in [-0.4, -0.2) is 31.5 Å². The quantitative estimate of drug-likeness (QED) is 0.858. The van der Waals surface area contributed by atoms with Gasteiger partial charge in [-0.3, -0.25) is 0 Å². The summed E-state index contributed by atoms with van der Waals surface area (Å²) in [5, 5.41) is 0. The summed E-state index contributed by atoms with van der Waals surface area (Å²) in [6.45, 7) is 7.57. The smallest absolute Gasteiger partial charge is 0.497 e. The molecule has 0 saturated carbocycles. The minimum Gasteiger partial charge on any atom is -0.497 e. The minimum absolute atomic E-state index is 0.229. The topological polar surface area (TPSA) is 80.0 Å². The number of methoxy groups -OCH3 is 1. The van der Waals surface area contributed by atoms with Crippen LogP contribution in [0, 0.1) is 5.82 Å². The van der Waals surface area contributed by atoms with Crippen LogP contribution >= 0.6 is 0 Å². The molecule has 1 heterocycles. The van der Waals surface area contributed by atoms with Gasteiger partial charge in [0.25, 0.3) is 0 Å². The average molecular weight is 311 g/mol. The van der Waals surface area contributed by atoms with E-state index in [0.29, 0.717) is 5.46 Å². The van der Waals surface area contributed by atoms with Crippen molar-refractivity contribution in [3.63, 3.8) is 0 Å². The largest absolute Gasteiger partial charge is 0.498 e. The van der Waals surface area contributed by atoms with Crippen LogP contribution in [0.5, 0.6) is 11.5 Å². The van der Waals surface area contributed by atoms with Gasteiger partial charge in [-0.1, -0.05) is 0 Å². The standard InChI is InChI=1S/C14H19BFNO5/c1-13(2)14(3,4)22-15(21-13)8-6-11(20-12(17)18)9(16)7-10(8)19-5/h6-7H,1-5H3,(H2,17,18). The molecule has 1 saturated heterocycles. The lowest BCUT2D eigenvalue weighted by Crippen LogP contribution is -2.41. The molecule has 0 radical (unpaired) electrons.